The molecule has 0 aliphatic carbocycles. The van der Waals surface area contributed by atoms with E-state index in [2.05, 4.69) is 47.1 Å². The van der Waals surface area contributed by atoms with Crippen LogP contribution in [0.15, 0.2) is 71.5 Å². The molecule has 32 heavy (non-hydrogen) atoms. The number of nitrogens with zero attached hydrogens (tertiary/aromatic N) is 1. The first-order valence-corrected chi connectivity index (χ1v) is 10.8. The van der Waals surface area contributed by atoms with Crippen LogP contribution in [0.1, 0.15) is 27.8 Å². The van der Waals surface area contributed by atoms with Gasteiger partial charge in [-0.3, -0.25) is 9.69 Å². The summed E-state index contributed by atoms with van der Waals surface area (Å²) in [7, 11) is 0. The molecule has 0 saturated heterocycles. The Morgan fingerprint density at radius 1 is 0.844 bits per heavy atom. The van der Waals surface area contributed by atoms with E-state index in [1.807, 2.05) is 43.3 Å². The fraction of sp³-hybridized carbons (Fsp3) is 0.222. The molecular formula is C27H26N2O3. The Bertz CT molecular complexity index is 1330. The predicted octanol–water partition coefficient (Wildman–Crippen LogP) is 5.08. The number of nitrogens with one attached hydrogen (secondary N) is 1. The summed E-state index contributed by atoms with van der Waals surface area (Å²) < 4.78 is 11.0. The highest BCUT2D eigenvalue weighted by atomic mass is 16.7. The molecular weight excluding hydrogens is 400 g/mol. The van der Waals surface area contributed by atoms with Crippen LogP contribution in [0.4, 0.5) is 0 Å². The summed E-state index contributed by atoms with van der Waals surface area (Å²) in [5.41, 5.74) is 6.24. The van der Waals surface area contributed by atoms with Crippen molar-refractivity contribution >= 4 is 10.9 Å². The minimum absolute atomic E-state index is 0.0341. The predicted molar refractivity (Wildman–Crippen MR) is 126 cm³/mol. The summed E-state index contributed by atoms with van der Waals surface area (Å²) in [4.78, 5) is 18.3. The molecule has 0 unspecified atom stereocenters. The molecule has 3 aromatic carbocycles. The number of hydrogen-bond acceptors (Lipinski definition) is 4. The van der Waals surface area contributed by atoms with Crippen LogP contribution in [-0.4, -0.2) is 16.7 Å². The van der Waals surface area contributed by atoms with Gasteiger partial charge in [0.15, 0.2) is 11.5 Å². The Kier molecular flexibility index (Phi) is 5.41. The molecule has 1 N–H and O–H groups in total. The van der Waals surface area contributed by atoms with Crippen molar-refractivity contribution in [1.82, 2.24) is 9.88 Å². The van der Waals surface area contributed by atoms with Crippen LogP contribution < -0.4 is 15.0 Å². The fourth-order valence-electron chi connectivity index (χ4n) is 4.40. The Morgan fingerprint density at radius 2 is 1.62 bits per heavy atom. The molecule has 5 rings (SSSR count). The number of aromatic nitrogens is 1. The van der Waals surface area contributed by atoms with Gasteiger partial charge in [0.1, 0.15) is 0 Å². The van der Waals surface area contributed by atoms with Gasteiger partial charge in [-0.15, -0.1) is 0 Å². The summed E-state index contributed by atoms with van der Waals surface area (Å²) in [6.07, 6.45) is 0. The highest BCUT2D eigenvalue weighted by molar-refractivity contribution is 5.82. The molecule has 0 bridgehead atoms. The number of rotatable bonds is 6. The van der Waals surface area contributed by atoms with Gasteiger partial charge in [-0.05, 0) is 60.2 Å². The summed E-state index contributed by atoms with van der Waals surface area (Å²) in [5, 5.41) is 1.07. The number of pyridine rings is 1. The summed E-state index contributed by atoms with van der Waals surface area (Å²) >= 11 is 0. The Labute approximate surface area is 187 Å². The number of fused-ring (bicyclic) bond motifs is 2. The van der Waals surface area contributed by atoms with Crippen molar-refractivity contribution in [2.45, 2.75) is 33.5 Å². The van der Waals surface area contributed by atoms with Crippen molar-refractivity contribution in [2.75, 3.05) is 6.79 Å². The quantitative estimate of drug-likeness (QED) is 0.467. The van der Waals surface area contributed by atoms with E-state index in [1.165, 1.54) is 11.1 Å². The number of aromatic amines is 1. The van der Waals surface area contributed by atoms with Crippen LogP contribution >= 0.6 is 0 Å². The largest absolute Gasteiger partial charge is 0.454 e. The third-order valence-electron chi connectivity index (χ3n) is 5.86. The third kappa shape index (κ3) is 4.25. The number of aryl methyl sites for hydroxylation is 2. The second kappa shape index (κ2) is 8.52. The van der Waals surface area contributed by atoms with Crippen molar-refractivity contribution in [3.8, 4) is 11.5 Å². The topological polar surface area (TPSA) is 54.6 Å². The fourth-order valence-corrected chi connectivity index (χ4v) is 4.40. The summed E-state index contributed by atoms with van der Waals surface area (Å²) in [5.74, 6) is 1.55. The Balaban J connectivity index is 1.47. The monoisotopic (exact) mass is 426 g/mol. The molecule has 0 spiro atoms. The molecule has 5 nitrogen and oxygen atoms in total. The van der Waals surface area contributed by atoms with Gasteiger partial charge >= 0.3 is 0 Å². The zero-order chi connectivity index (χ0) is 22.1. The van der Waals surface area contributed by atoms with Crippen LogP contribution in [0.25, 0.3) is 10.9 Å². The SMILES string of the molecule is Cc1cc(C)c2[nH]c(=O)c(CN(Cc3ccccc3)Cc3ccc4c(c3)OCO4)cc2c1. The number of hydrogen-bond donors (Lipinski definition) is 1. The van der Waals surface area contributed by atoms with E-state index in [-0.39, 0.29) is 12.4 Å². The lowest BCUT2D eigenvalue weighted by molar-refractivity contribution is 0.174. The molecule has 2 heterocycles. The van der Waals surface area contributed by atoms with E-state index in [4.69, 9.17) is 9.47 Å². The molecule has 1 aliphatic rings. The second-order valence-electron chi connectivity index (χ2n) is 8.49. The van der Waals surface area contributed by atoms with Crippen molar-refractivity contribution in [1.29, 1.82) is 0 Å². The molecule has 5 heteroatoms. The lowest BCUT2D eigenvalue weighted by Crippen LogP contribution is -2.26. The molecule has 162 valence electrons. The Morgan fingerprint density at radius 3 is 2.47 bits per heavy atom. The van der Waals surface area contributed by atoms with Gasteiger partial charge in [0, 0.05) is 25.2 Å². The minimum atomic E-state index is -0.0341. The van der Waals surface area contributed by atoms with Crippen LogP contribution in [-0.2, 0) is 19.6 Å². The maximum Gasteiger partial charge on any atom is 0.252 e. The van der Waals surface area contributed by atoms with Crippen LogP contribution in [0, 0.1) is 13.8 Å². The third-order valence-corrected chi connectivity index (χ3v) is 5.86. The number of benzene rings is 3. The van der Waals surface area contributed by atoms with Crippen LogP contribution in [0.3, 0.4) is 0 Å². The smallest absolute Gasteiger partial charge is 0.252 e. The molecule has 4 aromatic rings. The average molecular weight is 427 g/mol. The van der Waals surface area contributed by atoms with Crippen LogP contribution in [0.2, 0.25) is 0 Å². The second-order valence-corrected chi connectivity index (χ2v) is 8.49. The van der Waals surface area contributed by atoms with E-state index in [9.17, 15) is 4.79 Å². The first-order valence-electron chi connectivity index (χ1n) is 10.8. The van der Waals surface area contributed by atoms with Crippen molar-refractivity contribution in [2.24, 2.45) is 0 Å². The van der Waals surface area contributed by atoms with E-state index in [0.717, 1.165) is 45.6 Å². The normalized spacial score (nSPS) is 12.6. The van der Waals surface area contributed by atoms with E-state index in [1.54, 1.807) is 0 Å². The maximum atomic E-state index is 12.9. The summed E-state index contributed by atoms with van der Waals surface area (Å²) in [6.45, 7) is 6.35. The number of ether oxygens (including phenoxy) is 2. The zero-order valence-electron chi connectivity index (χ0n) is 18.4. The van der Waals surface area contributed by atoms with Gasteiger partial charge in [-0.2, -0.15) is 0 Å². The molecule has 1 aliphatic heterocycles. The molecule has 1 aromatic heterocycles. The van der Waals surface area contributed by atoms with Crippen molar-refractivity contribution < 1.29 is 9.47 Å². The van der Waals surface area contributed by atoms with Gasteiger partial charge in [0.25, 0.3) is 5.56 Å². The molecule has 0 fully saturated rings. The lowest BCUT2D eigenvalue weighted by Gasteiger charge is -2.23. The van der Waals surface area contributed by atoms with Gasteiger partial charge in [-0.1, -0.05) is 48.0 Å². The van der Waals surface area contributed by atoms with Gasteiger partial charge < -0.3 is 14.5 Å². The summed E-state index contributed by atoms with van der Waals surface area (Å²) in [6, 6.07) is 22.6. The average Bonchev–Trinajstić information content (AvgIpc) is 3.23. The number of H-pyrrole nitrogens is 1. The van der Waals surface area contributed by atoms with Gasteiger partial charge in [0.05, 0.1) is 5.52 Å². The van der Waals surface area contributed by atoms with Crippen molar-refractivity contribution in [3.63, 3.8) is 0 Å². The highest BCUT2D eigenvalue weighted by Gasteiger charge is 2.16. The zero-order valence-corrected chi connectivity index (χ0v) is 18.4. The standard InChI is InChI=1S/C27H26N2O3/c1-18-10-19(2)26-22(11-18)13-23(27(30)28-26)16-29(14-20-6-4-3-5-7-20)15-21-8-9-24-25(12-21)32-17-31-24/h3-13H,14-17H2,1-2H3,(H,28,30). The highest BCUT2D eigenvalue weighted by Crippen LogP contribution is 2.33. The van der Waals surface area contributed by atoms with Crippen molar-refractivity contribution in [3.05, 3.63) is 105 Å². The van der Waals surface area contributed by atoms with Gasteiger partial charge in [0.2, 0.25) is 6.79 Å². The molecule has 0 radical (unpaired) electrons. The van der Waals surface area contributed by atoms with E-state index < -0.39 is 0 Å². The minimum Gasteiger partial charge on any atom is -0.454 e. The molecule has 0 atom stereocenters. The molecule has 0 amide bonds. The van der Waals surface area contributed by atoms with Gasteiger partial charge in [-0.25, -0.2) is 0 Å². The molecule has 0 saturated carbocycles. The van der Waals surface area contributed by atoms with E-state index in [0.29, 0.717) is 13.1 Å². The van der Waals surface area contributed by atoms with Crippen LogP contribution in [0.5, 0.6) is 11.5 Å². The lowest BCUT2D eigenvalue weighted by atomic mass is 10.0. The first-order chi connectivity index (χ1) is 15.5. The maximum absolute atomic E-state index is 12.9. The Hall–Kier alpha value is -3.57. The first kappa shape index (κ1) is 20.3. The van der Waals surface area contributed by atoms with E-state index >= 15 is 0 Å².